The molecule has 0 atom stereocenters. The zero-order valence-electron chi connectivity index (χ0n) is 13.8. The van der Waals surface area contributed by atoms with E-state index in [0.29, 0.717) is 30.2 Å². The molecule has 0 spiro atoms. The minimum Gasteiger partial charge on any atom is -0.490 e. The summed E-state index contributed by atoms with van der Waals surface area (Å²) in [6, 6.07) is 12.4. The average molecular weight is 354 g/mol. The fraction of sp³-hybridized carbons (Fsp3) is 0.158. The molecule has 1 heterocycles. The van der Waals surface area contributed by atoms with E-state index in [1.54, 1.807) is 41.0 Å². The second-order valence-electron chi connectivity index (χ2n) is 5.37. The van der Waals surface area contributed by atoms with Crippen molar-refractivity contribution in [2.75, 3.05) is 11.9 Å². The van der Waals surface area contributed by atoms with E-state index in [1.807, 2.05) is 19.1 Å². The van der Waals surface area contributed by atoms with E-state index in [2.05, 4.69) is 11.9 Å². The predicted octanol–water partition coefficient (Wildman–Crippen LogP) is 3.90. The van der Waals surface area contributed by atoms with Gasteiger partial charge in [-0.2, -0.15) is 0 Å². The Morgan fingerprint density at radius 3 is 2.72 bits per heavy atom. The van der Waals surface area contributed by atoms with Crippen molar-refractivity contribution in [2.24, 2.45) is 0 Å². The normalized spacial score (nSPS) is 10.6. The molecule has 0 aliphatic rings. The summed E-state index contributed by atoms with van der Waals surface area (Å²) in [6.45, 7) is 6.58. The highest BCUT2D eigenvalue weighted by Gasteiger charge is 2.10. The van der Waals surface area contributed by atoms with Crippen LogP contribution in [0.3, 0.4) is 0 Å². The van der Waals surface area contributed by atoms with Crippen molar-refractivity contribution >= 4 is 33.1 Å². The van der Waals surface area contributed by atoms with Crippen molar-refractivity contribution in [2.45, 2.75) is 13.5 Å². The maximum atomic E-state index is 12.4. The van der Waals surface area contributed by atoms with E-state index in [1.165, 1.54) is 11.3 Å². The van der Waals surface area contributed by atoms with Gasteiger partial charge in [-0.25, -0.2) is 0 Å². The maximum Gasteiger partial charge on any atom is 0.308 e. The highest BCUT2D eigenvalue weighted by Crippen LogP contribution is 2.22. The standard InChI is InChI=1S/C19H18N2O3S/c1-3-11-24-15-8-5-13(6-9-15)18(22)20-14-7-10-16-17(12-14)25-19(23)21(16)4-2/h3,5-10,12H,1,4,11H2,2H3,(H,20,22). The van der Waals surface area contributed by atoms with Crippen LogP contribution >= 0.6 is 11.3 Å². The predicted molar refractivity (Wildman–Crippen MR) is 102 cm³/mol. The zero-order chi connectivity index (χ0) is 17.8. The molecule has 1 amide bonds. The smallest absolute Gasteiger partial charge is 0.308 e. The maximum absolute atomic E-state index is 12.4. The van der Waals surface area contributed by atoms with Gasteiger partial charge in [-0.1, -0.05) is 24.0 Å². The number of rotatable bonds is 6. The van der Waals surface area contributed by atoms with E-state index >= 15 is 0 Å². The fourth-order valence-corrected chi connectivity index (χ4v) is 3.50. The van der Waals surface area contributed by atoms with E-state index in [4.69, 9.17) is 4.74 Å². The molecule has 0 saturated heterocycles. The van der Waals surface area contributed by atoms with Crippen molar-refractivity contribution in [3.05, 3.63) is 70.4 Å². The average Bonchev–Trinajstić information content (AvgIpc) is 2.94. The van der Waals surface area contributed by atoms with E-state index < -0.39 is 0 Å². The number of fused-ring (bicyclic) bond motifs is 1. The molecule has 0 saturated carbocycles. The molecule has 1 N–H and O–H groups in total. The first-order chi connectivity index (χ1) is 12.1. The lowest BCUT2D eigenvalue weighted by atomic mass is 10.2. The van der Waals surface area contributed by atoms with Gasteiger partial charge in [0.1, 0.15) is 12.4 Å². The van der Waals surface area contributed by atoms with E-state index in [0.717, 1.165) is 10.2 Å². The van der Waals surface area contributed by atoms with Crippen LogP contribution in [-0.2, 0) is 6.54 Å². The van der Waals surface area contributed by atoms with Gasteiger partial charge in [-0.05, 0) is 49.4 Å². The minimum atomic E-state index is -0.211. The number of carbonyl (C=O) groups is 1. The molecule has 0 fully saturated rings. The number of hydrogen-bond donors (Lipinski definition) is 1. The second-order valence-corrected chi connectivity index (χ2v) is 6.37. The summed E-state index contributed by atoms with van der Waals surface area (Å²) in [5.74, 6) is 0.473. The Morgan fingerprint density at radius 1 is 1.28 bits per heavy atom. The van der Waals surface area contributed by atoms with E-state index in [9.17, 15) is 9.59 Å². The molecule has 3 aromatic rings. The minimum absolute atomic E-state index is 0.0103. The van der Waals surface area contributed by atoms with Crippen LogP contribution in [0, 0.1) is 0 Å². The Kier molecular flexibility index (Phi) is 5.00. The number of aryl methyl sites for hydroxylation is 1. The molecule has 0 bridgehead atoms. The number of anilines is 1. The molecule has 3 rings (SSSR count). The molecule has 5 nitrogen and oxygen atoms in total. The Morgan fingerprint density at radius 2 is 2.04 bits per heavy atom. The molecule has 0 unspecified atom stereocenters. The van der Waals surface area contributed by atoms with Gasteiger partial charge in [0.2, 0.25) is 0 Å². The molecular formula is C19H18N2O3S. The number of aromatic nitrogens is 1. The van der Waals surface area contributed by atoms with Gasteiger partial charge in [-0.3, -0.25) is 14.2 Å². The summed E-state index contributed by atoms with van der Waals surface area (Å²) in [6.07, 6.45) is 1.66. The Balaban J connectivity index is 1.77. The van der Waals surface area contributed by atoms with Gasteiger partial charge in [-0.15, -0.1) is 0 Å². The Bertz CT molecular complexity index is 970. The first-order valence-corrected chi connectivity index (χ1v) is 8.72. The van der Waals surface area contributed by atoms with Gasteiger partial charge in [0, 0.05) is 17.8 Å². The van der Waals surface area contributed by atoms with Gasteiger partial charge >= 0.3 is 4.87 Å². The van der Waals surface area contributed by atoms with E-state index in [-0.39, 0.29) is 10.8 Å². The summed E-state index contributed by atoms with van der Waals surface area (Å²) in [7, 11) is 0. The van der Waals surface area contributed by atoms with Crippen LogP contribution in [0.1, 0.15) is 17.3 Å². The summed E-state index contributed by atoms with van der Waals surface area (Å²) in [5.41, 5.74) is 2.08. The topological polar surface area (TPSA) is 60.3 Å². The number of amides is 1. The molecule has 0 aliphatic heterocycles. The lowest BCUT2D eigenvalue weighted by Crippen LogP contribution is -2.12. The van der Waals surface area contributed by atoms with Gasteiger partial charge in [0.25, 0.3) is 5.91 Å². The van der Waals surface area contributed by atoms with Crippen LogP contribution in [0.4, 0.5) is 5.69 Å². The van der Waals surface area contributed by atoms with Crippen LogP contribution in [0.2, 0.25) is 0 Å². The highest BCUT2D eigenvalue weighted by atomic mass is 32.1. The number of benzene rings is 2. The van der Waals surface area contributed by atoms with Crippen LogP contribution in [0.25, 0.3) is 10.2 Å². The molecule has 6 heteroatoms. The zero-order valence-corrected chi connectivity index (χ0v) is 14.6. The second kappa shape index (κ2) is 7.36. The monoisotopic (exact) mass is 354 g/mol. The molecular weight excluding hydrogens is 336 g/mol. The third-order valence-electron chi connectivity index (χ3n) is 3.73. The Labute approximate surface area is 149 Å². The van der Waals surface area contributed by atoms with Crippen LogP contribution in [0.5, 0.6) is 5.75 Å². The Hall–Kier alpha value is -2.86. The van der Waals surface area contributed by atoms with Crippen molar-refractivity contribution in [1.82, 2.24) is 4.57 Å². The molecule has 0 radical (unpaired) electrons. The lowest BCUT2D eigenvalue weighted by Gasteiger charge is -2.07. The molecule has 25 heavy (non-hydrogen) atoms. The van der Waals surface area contributed by atoms with Crippen molar-refractivity contribution in [1.29, 1.82) is 0 Å². The summed E-state index contributed by atoms with van der Waals surface area (Å²) >= 11 is 1.18. The number of ether oxygens (including phenoxy) is 1. The number of hydrogen-bond acceptors (Lipinski definition) is 4. The number of carbonyl (C=O) groups excluding carboxylic acids is 1. The summed E-state index contributed by atoms with van der Waals surface area (Å²) < 4.78 is 7.98. The third-order valence-corrected chi connectivity index (χ3v) is 4.67. The van der Waals surface area contributed by atoms with Crippen LogP contribution in [-0.4, -0.2) is 17.1 Å². The van der Waals surface area contributed by atoms with Crippen LogP contribution < -0.4 is 14.9 Å². The SMILES string of the molecule is C=CCOc1ccc(C(=O)Nc2ccc3c(c2)sc(=O)n3CC)cc1. The van der Waals surface area contributed by atoms with Gasteiger partial charge < -0.3 is 10.1 Å². The lowest BCUT2D eigenvalue weighted by molar-refractivity contribution is 0.102. The van der Waals surface area contributed by atoms with Gasteiger partial charge in [0.15, 0.2) is 0 Å². The van der Waals surface area contributed by atoms with Gasteiger partial charge in [0.05, 0.1) is 10.2 Å². The van der Waals surface area contributed by atoms with Crippen molar-refractivity contribution < 1.29 is 9.53 Å². The van der Waals surface area contributed by atoms with Crippen molar-refractivity contribution in [3.8, 4) is 5.75 Å². The van der Waals surface area contributed by atoms with Crippen molar-refractivity contribution in [3.63, 3.8) is 0 Å². The number of nitrogens with zero attached hydrogens (tertiary/aromatic N) is 1. The first-order valence-electron chi connectivity index (χ1n) is 7.91. The van der Waals surface area contributed by atoms with Crippen LogP contribution in [0.15, 0.2) is 59.9 Å². The molecule has 128 valence electrons. The first kappa shape index (κ1) is 17.0. The fourth-order valence-electron chi connectivity index (χ4n) is 2.50. The third kappa shape index (κ3) is 3.64. The molecule has 0 aliphatic carbocycles. The summed E-state index contributed by atoms with van der Waals surface area (Å²) in [5, 5.41) is 2.86. The summed E-state index contributed by atoms with van der Waals surface area (Å²) in [4.78, 5) is 24.3. The molecule has 2 aromatic carbocycles. The quantitative estimate of drug-likeness (QED) is 0.683. The largest absolute Gasteiger partial charge is 0.490 e. The number of nitrogens with one attached hydrogen (secondary N) is 1. The highest BCUT2D eigenvalue weighted by molar-refractivity contribution is 7.16. The number of thiazole rings is 1. The molecule has 1 aromatic heterocycles.